The molecule has 2 aliphatic heterocycles. The Morgan fingerprint density at radius 2 is 2.29 bits per heavy atom. The largest absolute Gasteiger partial charge is 0.493 e. The molecule has 7 heteroatoms. The van der Waals surface area contributed by atoms with Crippen molar-refractivity contribution in [1.82, 2.24) is 9.88 Å². The smallest absolute Gasteiger partial charge is 0.376 e. The summed E-state index contributed by atoms with van der Waals surface area (Å²) >= 11 is 0. The Kier molecular flexibility index (Phi) is 3.94. The van der Waals surface area contributed by atoms with Crippen molar-refractivity contribution in [3.05, 3.63) is 53.8 Å². The second kappa shape index (κ2) is 6.38. The predicted molar refractivity (Wildman–Crippen MR) is 99.5 cm³/mol. The van der Waals surface area contributed by atoms with Crippen molar-refractivity contribution in [3.63, 3.8) is 0 Å². The van der Waals surface area contributed by atoms with Crippen molar-refractivity contribution < 1.29 is 23.4 Å². The minimum atomic E-state index is -0.516. The van der Waals surface area contributed by atoms with Crippen molar-refractivity contribution in [2.24, 2.45) is 0 Å². The summed E-state index contributed by atoms with van der Waals surface area (Å²) in [6.07, 6.45) is 7.77. The van der Waals surface area contributed by atoms with E-state index in [1.165, 1.54) is 23.7 Å². The molecule has 1 aliphatic carbocycles. The summed E-state index contributed by atoms with van der Waals surface area (Å²) in [6.45, 7) is 1.84. The SMILES string of the molecule is COc1ccc2c3c1OC1CC(OC(=O)c4cnco4)C=CC31CCN(C)C2. The molecule has 0 radical (unpaired) electrons. The van der Waals surface area contributed by atoms with Crippen LogP contribution in [0.1, 0.15) is 34.5 Å². The van der Waals surface area contributed by atoms with Crippen LogP contribution in [0.3, 0.4) is 0 Å². The van der Waals surface area contributed by atoms with E-state index in [1.54, 1.807) is 7.11 Å². The van der Waals surface area contributed by atoms with Crippen LogP contribution in [0.4, 0.5) is 0 Å². The van der Waals surface area contributed by atoms with Crippen molar-refractivity contribution >= 4 is 5.97 Å². The number of carbonyl (C=O) groups excluding carboxylic acids is 1. The molecule has 28 heavy (non-hydrogen) atoms. The van der Waals surface area contributed by atoms with Gasteiger partial charge in [0.05, 0.1) is 18.7 Å². The minimum absolute atomic E-state index is 0.101. The van der Waals surface area contributed by atoms with Gasteiger partial charge in [0.2, 0.25) is 5.76 Å². The van der Waals surface area contributed by atoms with Crippen LogP contribution in [0.15, 0.2) is 41.3 Å². The van der Waals surface area contributed by atoms with Crippen molar-refractivity contribution in [2.45, 2.75) is 37.0 Å². The second-order valence-corrected chi connectivity index (χ2v) is 7.67. The van der Waals surface area contributed by atoms with E-state index in [0.717, 1.165) is 31.0 Å². The molecule has 3 aliphatic rings. The first-order valence-electron chi connectivity index (χ1n) is 9.45. The third-order valence-corrected chi connectivity index (χ3v) is 6.02. The molecule has 0 saturated carbocycles. The summed E-state index contributed by atoms with van der Waals surface area (Å²) in [7, 11) is 3.80. The van der Waals surface area contributed by atoms with Crippen LogP contribution in [-0.4, -0.2) is 48.8 Å². The van der Waals surface area contributed by atoms with Crippen LogP contribution < -0.4 is 9.47 Å². The van der Waals surface area contributed by atoms with Gasteiger partial charge in [-0.05, 0) is 37.7 Å². The third kappa shape index (κ3) is 2.53. The molecule has 0 N–H and O–H groups in total. The summed E-state index contributed by atoms with van der Waals surface area (Å²) in [6, 6.07) is 4.11. The molecule has 2 aromatic rings. The van der Waals surface area contributed by atoms with Gasteiger partial charge in [0.1, 0.15) is 12.2 Å². The summed E-state index contributed by atoms with van der Waals surface area (Å²) in [5.74, 6) is 1.16. The molecule has 146 valence electrons. The lowest BCUT2D eigenvalue weighted by molar-refractivity contribution is 0.0187. The number of methoxy groups -OCH3 is 1. The van der Waals surface area contributed by atoms with Crippen molar-refractivity contribution in [3.8, 4) is 11.5 Å². The normalized spacial score (nSPS) is 28.1. The number of rotatable bonds is 3. The van der Waals surface area contributed by atoms with Gasteiger partial charge in [-0.1, -0.05) is 12.1 Å². The molecular weight excluding hydrogens is 360 g/mol. The van der Waals surface area contributed by atoms with Gasteiger partial charge < -0.3 is 23.5 Å². The zero-order valence-corrected chi connectivity index (χ0v) is 15.9. The Balaban J connectivity index is 1.50. The molecule has 5 rings (SSSR count). The maximum atomic E-state index is 12.2. The fraction of sp³-hybridized carbons (Fsp3) is 0.429. The van der Waals surface area contributed by atoms with Gasteiger partial charge in [0, 0.05) is 18.5 Å². The molecule has 7 nitrogen and oxygen atoms in total. The lowest BCUT2D eigenvalue weighted by Gasteiger charge is -2.36. The highest BCUT2D eigenvalue weighted by Crippen LogP contribution is 2.55. The molecule has 1 aromatic carbocycles. The fourth-order valence-electron chi connectivity index (χ4n) is 4.66. The molecule has 1 spiro atoms. The number of esters is 1. The van der Waals surface area contributed by atoms with Crippen LogP contribution in [0.2, 0.25) is 0 Å². The Bertz CT molecular complexity index is 939. The van der Waals surface area contributed by atoms with Crippen LogP contribution in [-0.2, 0) is 16.7 Å². The standard InChI is InChI=1S/C21H22N2O5/c1-23-8-7-21-6-5-14(27-20(24)16-10-22-12-26-16)9-17(21)28-19-15(25-2)4-3-13(11-23)18(19)21/h3-6,10,12,14,17H,7-9,11H2,1-2H3. The van der Waals surface area contributed by atoms with Crippen LogP contribution in [0.25, 0.3) is 0 Å². The van der Waals surface area contributed by atoms with E-state index >= 15 is 0 Å². The van der Waals surface area contributed by atoms with E-state index < -0.39 is 5.97 Å². The van der Waals surface area contributed by atoms with Crippen LogP contribution in [0, 0.1) is 0 Å². The zero-order valence-electron chi connectivity index (χ0n) is 15.9. The maximum absolute atomic E-state index is 12.2. The molecule has 3 atom stereocenters. The predicted octanol–water partition coefficient (Wildman–Crippen LogP) is 2.70. The van der Waals surface area contributed by atoms with E-state index in [4.69, 9.17) is 18.6 Å². The molecular formula is C21H22N2O5. The molecule has 0 amide bonds. The number of hydrogen-bond acceptors (Lipinski definition) is 7. The molecule has 0 saturated heterocycles. The summed E-state index contributed by atoms with van der Waals surface area (Å²) < 4.78 is 22.6. The zero-order chi connectivity index (χ0) is 19.3. The highest BCUT2D eigenvalue weighted by atomic mass is 16.6. The molecule has 0 bridgehead atoms. The highest BCUT2D eigenvalue weighted by Gasteiger charge is 2.53. The average Bonchev–Trinajstić information content (AvgIpc) is 3.30. The first-order chi connectivity index (χ1) is 13.6. The monoisotopic (exact) mass is 382 g/mol. The van der Waals surface area contributed by atoms with Gasteiger partial charge in [0.15, 0.2) is 17.9 Å². The van der Waals surface area contributed by atoms with E-state index in [0.29, 0.717) is 6.42 Å². The Morgan fingerprint density at radius 3 is 3.07 bits per heavy atom. The van der Waals surface area contributed by atoms with E-state index in [9.17, 15) is 4.79 Å². The lowest BCUT2D eigenvalue weighted by atomic mass is 9.69. The molecule has 0 fully saturated rings. The topological polar surface area (TPSA) is 74.0 Å². The van der Waals surface area contributed by atoms with Gasteiger partial charge in [0.25, 0.3) is 0 Å². The second-order valence-electron chi connectivity index (χ2n) is 7.67. The Hall–Kier alpha value is -2.80. The van der Waals surface area contributed by atoms with Gasteiger partial charge in [-0.25, -0.2) is 9.78 Å². The maximum Gasteiger partial charge on any atom is 0.376 e. The number of hydrogen-bond donors (Lipinski definition) is 0. The van der Waals surface area contributed by atoms with Gasteiger partial charge >= 0.3 is 5.97 Å². The Labute approximate surface area is 162 Å². The van der Waals surface area contributed by atoms with Crippen LogP contribution >= 0.6 is 0 Å². The minimum Gasteiger partial charge on any atom is -0.493 e. The van der Waals surface area contributed by atoms with Crippen molar-refractivity contribution in [2.75, 3.05) is 20.7 Å². The van der Waals surface area contributed by atoms with E-state index in [1.807, 2.05) is 12.1 Å². The number of ether oxygens (including phenoxy) is 3. The molecule has 3 heterocycles. The van der Waals surface area contributed by atoms with Gasteiger partial charge in [-0.2, -0.15) is 0 Å². The molecule has 3 unspecified atom stereocenters. The number of benzene rings is 1. The number of nitrogens with zero attached hydrogens (tertiary/aromatic N) is 2. The summed E-state index contributed by atoms with van der Waals surface area (Å²) in [5, 5.41) is 0. The third-order valence-electron chi connectivity index (χ3n) is 6.02. The summed E-state index contributed by atoms with van der Waals surface area (Å²) in [4.78, 5) is 18.3. The first kappa shape index (κ1) is 17.3. The quantitative estimate of drug-likeness (QED) is 0.597. The fourth-order valence-corrected chi connectivity index (χ4v) is 4.66. The first-order valence-corrected chi connectivity index (χ1v) is 9.45. The number of aromatic nitrogens is 1. The van der Waals surface area contributed by atoms with Gasteiger partial charge in [-0.3, -0.25) is 0 Å². The molecule has 1 aromatic heterocycles. The van der Waals surface area contributed by atoms with Gasteiger partial charge in [-0.15, -0.1) is 0 Å². The van der Waals surface area contributed by atoms with E-state index in [2.05, 4.69) is 29.1 Å². The number of oxazole rings is 1. The van der Waals surface area contributed by atoms with Crippen molar-refractivity contribution in [1.29, 1.82) is 0 Å². The highest BCUT2D eigenvalue weighted by molar-refractivity contribution is 5.86. The summed E-state index contributed by atoms with van der Waals surface area (Å²) in [5.41, 5.74) is 2.26. The average molecular weight is 382 g/mol. The lowest BCUT2D eigenvalue weighted by Crippen LogP contribution is -2.43. The number of carbonyl (C=O) groups is 1. The Morgan fingerprint density at radius 1 is 1.39 bits per heavy atom. The van der Waals surface area contributed by atoms with Crippen LogP contribution in [0.5, 0.6) is 11.5 Å². The van der Waals surface area contributed by atoms with E-state index in [-0.39, 0.29) is 23.4 Å².